The first-order valence-corrected chi connectivity index (χ1v) is 13.2. The van der Waals surface area contributed by atoms with Gasteiger partial charge in [-0.3, -0.25) is 0 Å². The minimum absolute atomic E-state index is 0.248. The second-order valence-corrected chi connectivity index (χ2v) is 10.7. The van der Waals surface area contributed by atoms with Crippen molar-refractivity contribution in [2.75, 3.05) is 6.54 Å². The van der Waals surface area contributed by atoms with Gasteiger partial charge in [-0.2, -0.15) is 4.31 Å². The standard InChI is InChI=1S/C31H27NO2S/c1-23-17-19-28(20-18-23)35(33,34)32-22-27(30-16-10-9-15-29(30)24(32)2)21-31(25-11-5-3-6-12-25)26-13-7-4-8-14-26/h3-20,24H,22H2,1-2H3. The number of nitrogens with zero attached hydrogens (tertiary/aromatic N) is 1. The molecule has 4 aromatic carbocycles. The van der Waals surface area contributed by atoms with Crippen LogP contribution in [0.15, 0.2) is 120 Å². The highest BCUT2D eigenvalue weighted by molar-refractivity contribution is 7.89. The fourth-order valence-corrected chi connectivity index (χ4v) is 6.17. The molecule has 0 fully saturated rings. The topological polar surface area (TPSA) is 37.4 Å². The van der Waals surface area contributed by atoms with Crippen molar-refractivity contribution in [1.29, 1.82) is 0 Å². The second-order valence-electron chi connectivity index (χ2n) is 8.84. The Bertz CT molecular complexity index is 1470. The van der Waals surface area contributed by atoms with Crippen LogP contribution in [0, 0.1) is 6.92 Å². The van der Waals surface area contributed by atoms with E-state index in [0.29, 0.717) is 4.90 Å². The van der Waals surface area contributed by atoms with Gasteiger partial charge >= 0.3 is 0 Å². The molecule has 0 saturated carbocycles. The molecule has 3 nitrogen and oxygen atoms in total. The Kier molecular flexibility index (Phi) is 6.27. The quantitative estimate of drug-likeness (QED) is 0.301. The summed E-state index contributed by atoms with van der Waals surface area (Å²) in [6.07, 6.45) is 0. The van der Waals surface area contributed by atoms with E-state index in [0.717, 1.165) is 39.0 Å². The van der Waals surface area contributed by atoms with Crippen molar-refractivity contribution in [3.8, 4) is 0 Å². The number of hydrogen-bond donors (Lipinski definition) is 0. The summed E-state index contributed by atoms with van der Waals surface area (Å²) in [5, 5.41) is 0. The van der Waals surface area contributed by atoms with Crippen LogP contribution < -0.4 is 0 Å². The molecular formula is C31H27NO2S. The summed E-state index contributed by atoms with van der Waals surface area (Å²) < 4.78 is 29.1. The molecule has 0 saturated heterocycles. The van der Waals surface area contributed by atoms with Gasteiger partial charge in [-0.15, -0.1) is 5.73 Å². The summed E-state index contributed by atoms with van der Waals surface area (Å²) in [6.45, 7) is 4.16. The monoisotopic (exact) mass is 477 g/mol. The fraction of sp³-hybridized carbons (Fsp3) is 0.129. The average molecular weight is 478 g/mol. The molecule has 5 rings (SSSR count). The van der Waals surface area contributed by atoms with Gasteiger partial charge in [-0.1, -0.05) is 103 Å². The van der Waals surface area contributed by atoms with Crippen molar-refractivity contribution >= 4 is 21.2 Å². The van der Waals surface area contributed by atoms with Gasteiger partial charge in [0, 0.05) is 23.7 Å². The zero-order valence-electron chi connectivity index (χ0n) is 19.8. The van der Waals surface area contributed by atoms with Crippen LogP contribution in [0.3, 0.4) is 0 Å². The van der Waals surface area contributed by atoms with Gasteiger partial charge in [-0.25, -0.2) is 8.42 Å². The Balaban J connectivity index is 1.74. The molecule has 0 aliphatic carbocycles. The molecule has 1 aliphatic heterocycles. The molecule has 1 unspecified atom stereocenters. The molecule has 1 aliphatic rings. The van der Waals surface area contributed by atoms with E-state index < -0.39 is 10.0 Å². The first-order chi connectivity index (χ1) is 16.9. The summed E-state index contributed by atoms with van der Waals surface area (Å²) >= 11 is 0. The van der Waals surface area contributed by atoms with Crippen LogP contribution in [0.4, 0.5) is 0 Å². The normalized spacial score (nSPS) is 15.8. The van der Waals surface area contributed by atoms with Crippen LogP contribution >= 0.6 is 0 Å². The lowest BCUT2D eigenvalue weighted by atomic mass is 9.90. The molecule has 174 valence electrons. The van der Waals surface area contributed by atoms with E-state index in [4.69, 9.17) is 0 Å². The van der Waals surface area contributed by atoms with Gasteiger partial charge in [0.05, 0.1) is 4.90 Å². The van der Waals surface area contributed by atoms with Crippen molar-refractivity contribution in [3.05, 3.63) is 143 Å². The van der Waals surface area contributed by atoms with Crippen LogP contribution in [-0.4, -0.2) is 19.3 Å². The largest absolute Gasteiger partial charge is 0.243 e. The zero-order valence-corrected chi connectivity index (χ0v) is 20.7. The molecule has 0 radical (unpaired) electrons. The van der Waals surface area contributed by atoms with E-state index in [-0.39, 0.29) is 12.6 Å². The third-order valence-corrected chi connectivity index (χ3v) is 8.44. The number of sulfonamides is 1. The van der Waals surface area contributed by atoms with E-state index in [1.54, 1.807) is 16.4 Å². The lowest BCUT2D eigenvalue weighted by molar-refractivity contribution is 0.365. The summed E-state index contributed by atoms with van der Waals surface area (Å²) in [5.41, 5.74) is 10.6. The number of aryl methyl sites for hydroxylation is 1. The van der Waals surface area contributed by atoms with E-state index in [2.05, 4.69) is 36.1 Å². The van der Waals surface area contributed by atoms with Crippen molar-refractivity contribution in [1.82, 2.24) is 4.31 Å². The van der Waals surface area contributed by atoms with Crippen molar-refractivity contribution < 1.29 is 8.42 Å². The first kappa shape index (κ1) is 23.1. The Labute approximate surface area is 207 Å². The smallest absolute Gasteiger partial charge is 0.207 e. The summed E-state index contributed by atoms with van der Waals surface area (Å²) in [5.74, 6) is 0. The third-order valence-electron chi connectivity index (χ3n) is 6.51. The van der Waals surface area contributed by atoms with Crippen LogP contribution in [-0.2, 0) is 10.0 Å². The maximum absolute atomic E-state index is 13.8. The molecule has 0 spiro atoms. The van der Waals surface area contributed by atoms with Crippen LogP contribution in [0.25, 0.3) is 11.1 Å². The second kappa shape index (κ2) is 9.52. The fourth-order valence-electron chi connectivity index (χ4n) is 4.59. The van der Waals surface area contributed by atoms with Crippen molar-refractivity contribution in [2.45, 2.75) is 24.8 Å². The number of fused-ring (bicyclic) bond motifs is 1. The molecule has 4 heteroatoms. The molecule has 0 aromatic heterocycles. The molecule has 0 N–H and O–H groups in total. The molecule has 1 heterocycles. The molecule has 0 amide bonds. The highest BCUT2D eigenvalue weighted by Crippen LogP contribution is 2.39. The first-order valence-electron chi connectivity index (χ1n) is 11.7. The van der Waals surface area contributed by atoms with E-state index in [9.17, 15) is 8.42 Å². The molecule has 0 bridgehead atoms. The summed E-state index contributed by atoms with van der Waals surface area (Å²) in [6, 6.07) is 35.1. The van der Waals surface area contributed by atoms with Gasteiger partial charge < -0.3 is 0 Å². The average Bonchev–Trinajstić information content (AvgIpc) is 2.89. The van der Waals surface area contributed by atoms with Crippen LogP contribution in [0.1, 0.15) is 40.8 Å². The lowest BCUT2D eigenvalue weighted by Gasteiger charge is -2.35. The molecule has 1 atom stereocenters. The van der Waals surface area contributed by atoms with Gasteiger partial charge in [0.25, 0.3) is 0 Å². The molecular weight excluding hydrogens is 450 g/mol. The van der Waals surface area contributed by atoms with Crippen LogP contribution in [0.2, 0.25) is 0 Å². The SMILES string of the molecule is Cc1ccc(S(=O)(=O)N2CC(=C=C(c3ccccc3)c3ccccc3)c3ccccc3C2C)cc1. The van der Waals surface area contributed by atoms with E-state index in [1.807, 2.05) is 80.6 Å². The molecule has 4 aromatic rings. The number of benzene rings is 4. The summed E-state index contributed by atoms with van der Waals surface area (Å²) in [4.78, 5) is 0.309. The zero-order chi connectivity index (χ0) is 24.4. The van der Waals surface area contributed by atoms with E-state index in [1.165, 1.54) is 0 Å². The third kappa shape index (κ3) is 4.52. The van der Waals surface area contributed by atoms with Gasteiger partial charge in [0.1, 0.15) is 0 Å². The maximum Gasteiger partial charge on any atom is 0.243 e. The predicted octanol–water partition coefficient (Wildman–Crippen LogP) is 6.87. The van der Waals surface area contributed by atoms with Gasteiger partial charge in [0.2, 0.25) is 10.0 Å². The van der Waals surface area contributed by atoms with Crippen LogP contribution in [0.5, 0.6) is 0 Å². The maximum atomic E-state index is 13.8. The number of hydrogen-bond acceptors (Lipinski definition) is 2. The highest BCUT2D eigenvalue weighted by Gasteiger charge is 2.35. The predicted molar refractivity (Wildman–Crippen MR) is 142 cm³/mol. The minimum Gasteiger partial charge on any atom is -0.207 e. The van der Waals surface area contributed by atoms with Crippen molar-refractivity contribution in [3.63, 3.8) is 0 Å². The Hall–Kier alpha value is -3.69. The van der Waals surface area contributed by atoms with Gasteiger partial charge in [-0.05, 0) is 48.2 Å². The Morgan fingerprint density at radius 3 is 1.91 bits per heavy atom. The minimum atomic E-state index is -3.71. The summed E-state index contributed by atoms with van der Waals surface area (Å²) in [7, 11) is -3.71. The van der Waals surface area contributed by atoms with Crippen molar-refractivity contribution in [2.24, 2.45) is 0 Å². The number of rotatable bonds is 4. The molecule has 35 heavy (non-hydrogen) atoms. The Morgan fingerprint density at radius 1 is 0.771 bits per heavy atom. The highest BCUT2D eigenvalue weighted by atomic mass is 32.2. The lowest BCUT2D eigenvalue weighted by Crippen LogP contribution is -2.38. The van der Waals surface area contributed by atoms with Gasteiger partial charge in [0.15, 0.2) is 0 Å². The Morgan fingerprint density at radius 2 is 1.31 bits per heavy atom. The van der Waals surface area contributed by atoms with E-state index >= 15 is 0 Å².